The van der Waals surface area contributed by atoms with Crippen molar-refractivity contribution >= 4 is 0 Å². The second-order valence-electron chi connectivity index (χ2n) is 7.02. The highest BCUT2D eigenvalue weighted by atomic mass is 16.5. The van der Waals surface area contributed by atoms with Crippen LogP contribution in [0, 0.1) is 13.8 Å². The van der Waals surface area contributed by atoms with Gasteiger partial charge in [-0.15, -0.1) is 0 Å². The molecule has 0 spiro atoms. The minimum Gasteiger partial charge on any atom is -0.389 e. The van der Waals surface area contributed by atoms with Crippen molar-refractivity contribution in [2.24, 2.45) is 7.05 Å². The molecule has 1 fully saturated rings. The predicted octanol–water partition coefficient (Wildman–Crippen LogP) is 2.75. The molecule has 1 aliphatic rings. The fraction of sp³-hybridized carbons (Fsp3) is 0.550. The number of β-amino-alcohol motifs (C(OH)–C–C–N with tert-alkyl or cyclic N) is 1. The monoisotopic (exact) mass is 343 g/mol. The van der Waals surface area contributed by atoms with E-state index in [2.05, 4.69) is 23.8 Å². The third-order valence-electron chi connectivity index (χ3n) is 5.13. The molecule has 1 aliphatic heterocycles. The van der Waals surface area contributed by atoms with E-state index < -0.39 is 6.10 Å². The van der Waals surface area contributed by atoms with Gasteiger partial charge in [-0.05, 0) is 38.8 Å². The van der Waals surface area contributed by atoms with Gasteiger partial charge in [-0.25, -0.2) is 0 Å². The zero-order chi connectivity index (χ0) is 17.8. The maximum Gasteiger partial charge on any atom is 0.0900 e. The third kappa shape index (κ3) is 4.29. The van der Waals surface area contributed by atoms with Crippen molar-refractivity contribution in [3.05, 3.63) is 52.8 Å². The zero-order valence-corrected chi connectivity index (χ0v) is 15.5. The van der Waals surface area contributed by atoms with Gasteiger partial charge in [0.1, 0.15) is 0 Å². The summed E-state index contributed by atoms with van der Waals surface area (Å²) in [5, 5.41) is 15.0. The summed E-state index contributed by atoms with van der Waals surface area (Å²) >= 11 is 0. The average Bonchev–Trinajstić information content (AvgIpc) is 3.13. The Balaban J connectivity index is 1.54. The number of aryl methyl sites for hydroxylation is 2. The summed E-state index contributed by atoms with van der Waals surface area (Å²) in [6.07, 6.45) is 1.82. The Labute approximate surface area is 150 Å². The van der Waals surface area contributed by atoms with Gasteiger partial charge in [-0.3, -0.25) is 9.58 Å². The fourth-order valence-electron chi connectivity index (χ4n) is 3.85. The highest BCUT2D eigenvalue weighted by molar-refractivity contribution is 5.29. The molecule has 2 aromatic rings. The van der Waals surface area contributed by atoms with Crippen LogP contribution in [0.4, 0.5) is 0 Å². The summed E-state index contributed by atoms with van der Waals surface area (Å²) in [6.45, 7) is 6.79. The van der Waals surface area contributed by atoms with E-state index in [0.717, 1.165) is 30.6 Å². The van der Waals surface area contributed by atoms with E-state index >= 15 is 0 Å². The van der Waals surface area contributed by atoms with Gasteiger partial charge >= 0.3 is 0 Å². The molecule has 3 rings (SSSR count). The summed E-state index contributed by atoms with van der Waals surface area (Å²) in [4.78, 5) is 2.38. The van der Waals surface area contributed by atoms with Crippen LogP contribution in [0.25, 0.3) is 0 Å². The Morgan fingerprint density at radius 2 is 2.04 bits per heavy atom. The summed E-state index contributed by atoms with van der Waals surface area (Å²) in [5.41, 5.74) is 4.80. The molecule has 0 saturated carbocycles. The molecule has 1 N–H and O–H groups in total. The van der Waals surface area contributed by atoms with Crippen molar-refractivity contribution in [3.63, 3.8) is 0 Å². The smallest absolute Gasteiger partial charge is 0.0900 e. The van der Waals surface area contributed by atoms with Gasteiger partial charge in [-0.1, -0.05) is 30.3 Å². The first-order valence-electron chi connectivity index (χ1n) is 9.10. The number of nitrogens with zero attached hydrogens (tertiary/aromatic N) is 3. The second kappa shape index (κ2) is 8.13. The molecule has 2 atom stereocenters. The largest absolute Gasteiger partial charge is 0.389 e. The van der Waals surface area contributed by atoms with Crippen molar-refractivity contribution in [2.75, 3.05) is 19.7 Å². The quantitative estimate of drug-likeness (QED) is 0.840. The van der Waals surface area contributed by atoms with Gasteiger partial charge in [0, 0.05) is 30.9 Å². The molecule has 0 amide bonds. The summed E-state index contributed by atoms with van der Waals surface area (Å²) in [5.74, 6) is 0. The first kappa shape index (κ1) is 18.1. The van der Waals surface area contributed by atoms with E-state index in [1.807, 2.05) is 42.1 Å². The number of aromatic nitrogens is 2. The maximum absolute atomic E-state index is 10.4. The zero-order valence-electron chi connectivity index (χ0n) is 15.5. The van der Waals surface area contributed by atoms with Crippen LogP contribution < -0.4 is 0 Å². The maximum atomic E-state index is 10.4. The van der Waals surface area contributed by atoms with Gasteiger partial charge in [0.05, 0.1) is 25.0 Å². The number of ether oxygens (including phenoxy) is 1. The number of hydrogen-bond donors (Lipinski definition) is 1. The Morgan fingerprint density at radius 3 is 2.72 bits per heavy atom. The average molecular weight is 343 g/mol. The van der Waals surface area contributed by atoms with Crippen LogP contribution in [0.3, 0.4) is 0 Å². The van der Waals surface area contributed by atoms with Gasteiger partial charge in [0.2, 0.25) is 0 Å². The molecule has 0 radical (unpaired) electrons. The topological polar surface area (TPSA) is 50.5 Å². The molecular formula is C20H29N3O2. The fourth-order valence-corrected chi connectivity index (χ4v) is 3.85. The van der Waals surface area contributed by atoms with Crippen LogP contribution >= 0.6 is 0 Å². The molecule has 0 bridgehead atoms. The van der Waals surface area contributed by atoms with Crippen LogP contribution in [0.5, 0.6) is 0 Å². The number of rotatable bonds is 7. The molecule has 5 heteroatoms. The number of likely N-dealkylation sites (tertiary alicyclic amines) is 1. The lowest BCUT2D eigenvalue weighted by Gasteiger charge is -2.27. The van der Waals surface area contributed by atoms with Gasteiger partial charge in [0.25, 0.3) is 0 Å². The third-order valence-corrected chi connectivity index (χ3v) is 5.13. The molecule has 1 saturated heterocycles. The van der Waals surface area contributed by atoms with Crippen LogP contribution in [0.2, 0.25) is 0 Å². The normalized spacial score (nSPS) is 19.4. The van der Waals surface area contributed by atoms with Crippen LogP contribution in [0.15, 0.2) is 30.3 Å². The lowest BCUT2D eigenvalue weighted by Crippen LogP contribution is -2.35. The highest BCUT2D eigenvalue weighted by Gasteiger charge is 2.31. The second-order valence-corrected chi connectivity index (χ2v) is 7.02. The van der Waals surface area contributed by atoms with Gasteiger partial charge in [0.15, 0.2) is 0 Å². The molecule has 5 nitrogen and oxygen atoms in total. The molecule has 0 aliphatic carbocycles. The first-order chi connectivity index (χ1) is 12.1. The number of hydrogen-bond acceptors (Lipinski definition) is 4. The molecule has 2 unspecified atom stereocenters. The SMILES string of the molecule is Cc1nn(C)c(C)c1C1CCCN1CC(O)COCc1ccccc1. The van der Waals surface area contributed by atoms with Crippen LogP contribution in [-0.2, 0) is 18.4 Å². The predicted molar refractivity (Wildman–Crippen MR) is 98.3 cm³/mol. The van der Waals surface area contributed by atoms with E-state index in [1.165, 1.54) is 11.3 Å². The minimum absolute atomic E-state index is 0.359. The molecule has 1 aromatic heterocycles. The van der Waals surface area contributed by atoms with E-state index in [0.29, 0.717) is 25.8 Å². The number of benzene rings is 1. The number of aliphatic hydroxyl groups excluding tert-OH is 1. The first-order valence-corrected chi connectivity index (χ1v) is 9.10. The Kier molecular flexibility index (Phi) is 5.89. The Hall–Kier alpha value is -1.69. The minimum atomic E-state index is -0.471. The summed E-state index contributed by atoms with van der Waals surface area (Å²) in [7, 11) is 2.00. The summed E-state index contributed by atoms with van der Waals surface area (Å²) < 4.78 is 7.65. The standard InChI is InChI=1S/C20H29N3O2/c1-15-20(16(2)22(3)21-15)19-10-7-11-23(19)12-18(24)14-25-13-17-8-5-4-6-9-17/h4-6,8-9,18-19,24H,7,10-14H2,1-3H3. The Morgan fingerprint density at radius 1 is 1.28 bits per heavy atom. The van der Waals surface area contributed by atoms with Crippen LogP contribution in [0.1, 0.15) is 41.4 Å². The van der Waals surface area contributed by atoms with Crippen LogP contribution in [-0.4, -0.2) is 45.6 Å². The summed E-state index contributed by atoms with van der Waals surface area (Å²) in [6, 6.07) is 10.4. The molecule has 1 aromatic carbocycles. The van der Waals surface area contributed by atoms with E-state index in [4.69, 9.17) is 4.74 Å². The van der Waals surface area contributed by atoms with Crippen molar-refractivity contribution in [1.82, 2.24) is 14.7 Å². The number of aliphatic hydroxyl groups is 1. The molecule has 2 heterocycles. The molecule has 136 valence electrons. The Bertz CT molecular complexity index is 684. The van der Waals surface area contributed by atoms with Gasteiger partial charge in [-0.2, -0.15) is 5.10 Å². The van der Waals surface area contributed by atoms with Crippen molar-refractivity contribution in [3.8, 4) is 0 Å². The van der Waals surface area contributed by atoms with Crippen molar-refractivity contribution in [2.45, 2.75) is 45.4 Å². The van der Waals surface area contributed by atoms with Crippen molar-refractivity contribution in [1.29, 1.82) is 0 Å². The van der Waals surface area contributed by atoms with Gasteiger partial charge < -0.3 is 9.84 Å². The van der Waals surface area contributed by atoms with Crippen molar-refractivity contribution < 1.29 is 9.84 Å². The van der Waals surface area contributed by atoms with E-state index in [-0.39, 0.29) is 0 Å². The van der Waals surface area contributed by atoms with E-state index in [1.54, 1.807) is 0 Å². The lowest BCUT2D eigenvalue weighted by atomic mass is 10.0. The highest BCUT2D eigenvalue weighted by Crippen LogP contribution is 2.35. The lowest BCUT2D eigenvalue weighted by molar-refractivity contribution is 0.00764. The molecular weight excluding hydrogens is 314 g/mol. The molecule has 25 heavy (non-hydrogen) atoms. The van der Waals surface area contributed by atoms with E-state index in [9.17, 15) is 5.11 Å².